The Morgan fingerprint density at radius 1 is 1.31 bits per heavy atom. The molecule has 3 nitrogen and oxygen atoms in total. The molecule has 0 bridgehead atoms. The summed E-state index contributed by atoms with van der Waals surface area (Å²) in [6.45, 7) is 1.37. The Balaban J connectivity index is 1.88. The van der Waals surface area contributed by atoms with Crippen LogP contribution in [0.4, 0.5) is 0 Å². The van der Waals surface area contributed by atoms with Gasteiger partial charge < -0.3 is 10.6 Å². The van der Waals surface area contributed by atoms with Crippen LogP contribution in [-0.2, 0) is 4.79 Å². The molecule has 0 aliphatic heterocycles. The molecule has 2 N–H and O–H groups in total. The molecule has 3 heteroatoms. The van der Waals surface area contributed by atoms with Gasteiger partial charge >= 0.3 is 0 Å². The first-order valence-electron chi connectivity index (χ1n) is 5.33. The van der Waals surface area contributed by atoms with Gasteiger partial charge in [-0.1, -0.05) is 6.42 Å². The number of hydrogen-bond acceptors (Lipinski definition) is 2. The van der Waals surface area contributed by atoms with E-state index >= 15 is 0 Å². The molecule has 13 heavy (non-hydrogen) atoms. The minimum absolute atomic E-state index is 0.340. The first-order chi connectivity index (χ1) is 6.33. The predicted octanol–water partition coefficient (Wildman–Crippen LogP) is 0.736. The molecule has 2 fully saturated rings. The molecule has 2 aliphatic rings. The smallest absolute Gasteiger partial charge is 0.225 e. The largest absolute Gasteiger partial charge is 0.338 e. The minimum Gasteiger partial charge on any atom is -0.338 e. The van der Waals surface area contributed by atoms with E-state index in [1.165, 1.54) is 19.3 Å². The van der Waals surface area contributed by atoms with E-state index in [4.69, 9.17) is 5.73 Å². The first kappa shape index (κ1) is 9.00. The van der Waals surface area contributed by atoms with Crippen molar-refractivity contribution >= 4 is 5.91 Å². The molecule has 1 amide bonds. The minimum atomic E-state index is 0.340. The molecule has 0 aromatic rings. The van der Waals surface area contributed by atoms with Gasteiger partial charge in [0.05, 0.1) is 0 Å². The van der Waals surface area contributed by atoms with Gasteiger partial charge in [-0.05, 0) is 25.7 Å². The Kier molecular flexibility index (Phi) is 2.54. The quantitative estimate of drug-likeness (QED) is 0.697. The molecule has 0 saturated heterocycles. The number of carbonyl (C=O) groups is 1. The molecule has 0 atom stereocenters. The highest BCUT2D eigenvalue weighted by Crippen LogP contribution is 2.33. The van der Waals surface area contributed by atoms with E-state index in [0.717, 1.165) is 19.4 Å². The summed E-state index contributed by atoms with van der Waals surface area (Å²) in [6.07, 6.45) is 5.83. The van der Waals surface area contributed by atoms with Crippen LogP contribution in [0.25, 0.3) is 0 Å². The van der Waals surface area contributed by atoms with E-state index in [9.17, 15) is 4.79 Å². The third-order valence-corrected chi connectivity index (χ3v) is 3.10. The summed E-state index contributed by atoms with van der Waals surface area (Å²) in [5.41, 5.74) is 5.50. The number of hydrogen-bond donors (Lipinski definition) is 1. The molecular weight excluding hydrogens is 164 g/mol. The molecule has 0 heterocycles. The van der Waals surface area contributed by atoms with Gasteiger partial charge in [0.1, 0.15) is 0 Å². The SMILES string of the molecule is NCCN(C(=O)C1CCC1)C1CC1. The summed E-state index contributed by atoms with van der Waals surface area (Å²) in [7, 11) is 0. The van der Waals surface area contributed by atoms with Crippen molar-refractivity contribution in [2.75, 3.05) is 13.1 Å². The lowest BCUT2D eigenvalue weighted by molar-refractivity contribution is -0.138. The summed E-state index contributed by atoms with van der Waals surface area (Å²) in [4.78, 5) is 13.9. The summed E-state index contributed by atoms with van der Waals surface area (Å²) in [5, 5.41) is 0. The highest BCUT2D eigenvalue weighted by molar-refractivity contribution is 5.80. The standard InChI is InChI=1S/C10H18N2O/c11-6-7-12(9-4-5-9)10(13)8-2-1-3-8/h8-9H,1-7,11H2. The molecule has 2 rings (SSSR count). The highest BCUT2D eigenvalue weighted by Gasteiger charge is 2.36. The molecule has 0 aromatic carbocycles. The maximum atomic E-state index is 11.9. The van der Waals surface area contributed by atoms with E-state index in [0.29, 0.717) is 24.4 Å². The third-order valence-electron chi connectivity index (χ3n) is 3.10. The number of carbonyl (C=O) groups excluding carboxylic acids is 1. The number of nitrogens with zero attached hydrogens (tertiary/aromatic N) is 1. The van der Waals surface area contributed by atoms with Crippen LogP contribution in [0.3, 0.4) is 0 Å². The van der Waals surface area contributed by atoms with Crippen LogP contribution in [0.5, 0.6) is 0 Å². The van der Waals surface area contributed by atoms with E-state index < -0.39 is 0 Å². The fourth-order valence-corrected chi connectivity index (χ4v) is 1.89. The van der Waals surface area contributed by atoms with Crippen LogP contribution < -0.4 is 5.73 Å². The number of amides is 1. The number of nitrogens with two attached hydrogens (primary N) is 1. The van der Waals surface area contributed by atoms with Gasteiger partial charge in [-0.3, -0.25) is 4.79 Å². The zero-order chi connectivity index (χ0) is 9.26. The van der Waals surface area contributed by atoms with Crippen molar-refractivity contribution in [1.29, 1.82) is 0 Å². The lowest BCUT2D eigenvalue weighted by Gasteiger charge is -2.31. The Labute approximate surface area is 79.3 Å². The van der Waals surface area contributed by atoms with E-state index in [1.54, 1.807) is 0 Å². The topological polar surface area (TPSA) is 46.3 Å². The average Bonchev–Trinajstić information content (AvgIpc) is 2.79. The molecule has 74 valence electrons. The molecule has 2 saturated carbocycles. The lowest BCUT2D eigenvalue weighted by atomic mass is 9.84. The first-order valence-corrected chi connectivity index (χ1v) is 5.33. The fourth-order valence-electron chi connectivity index (χ4n) is 1.89. The van der Waals surface area contributed by atoms with E-state index in [2.05, 4.69) is 0 Å². The van der Waals surface area contributed by atoms with Gasteiger partial charge in [-0.2, -0.15) is 0 Å². The number of rotatable bonds is 4. The zero-order valence-electron chi connectivity index (χ0n) is 8.04. The van der Waals surface area contributed by atoms with Crippen molar-refractivity contribution in [3.8, 4) is 0 Å². The Hall–Kier alpha value is -0.570. The van der Waals surface area contributed by atoms with Gasteiger partial charge in [-0.15, -0.1) is 0 Å². The average molecular weight is 182 g/mol. The molecule has 0 unspecified atom stereocenters. The molecular formula is C10H18N2O. The Morgan fingerprint density at radius 3 is 2.38 bits per heavy atom. The van der Waals surface area contributed by atoms with Crippen molar-refractivity contribution in [2.45, 2.75) is 38.1 Å². The van der Waals surface area contributed by atoms with Gasteiger partial charge in [0.2, 0.25) is 5.91 Å². The van der Waals surface area contributed by atoms with Crippen LogP contribution >= 0.6 is 0 Å². The maximum Gasteiger partial charge on any atom is 0.225 e. The lowest BCUT2D eigenvalue weighted by Crippen LogP contribution is -2.42. The summed E-state index contributed by atoms with van der Waals surface area (Å²) in [6, 6.07) is 0.539. The second-order valence-corrected chi connectivity index (χ2v) is 4.18. The molecule has 0 spiro atoms. The second-order valence-electron chi connectivity index (χ2n) is 4.18. The van der Waals surface area contributed by atoms with Crippen molar-refractivity contribution in [3.05, 3.63) is 0 Å². The van der Waals surface area contributed by atoms with Gasteiger partial charge in [-0.25, -0.2) is 0 Å². The molecule has 0 aromatic heterocycles. The van der Waals surface area contributed by atoms with Crippen LogP contribution in [0, 0.1) is 5.92 Å². The van der Waals surface area contributed by atoms with E-state index in [1.807, 2.05) is 4.90 Å². The van der Waals surface area contributed by atoms with Crippen LogP contribution in [-0.4, -0.2) is 29.9 Å². The normalized spacial score (nSPS) is 22.5. The van der Waals surface area contributed by atoms with Crippen LogP contribution in [0.15, 0.2) is 0 Å². The van der Waals surface area contributed by atoms with Crippen molar-refractivity contribution < 1.29 is 4.79 Å². The van der Waals surface area contributed by atoms with E-state index in [-0.39, 0.29) is 0 Å². The molecule has 2 aliphatic carbocycles. The zero-order valence-corrected chi connectivity index (χ0v) is 8.04. The summed E-state index contributed by atoms with van der Waals surface area (Å²) in [5.74, 6) is 0.714. The second kappa shape index (κ2) is 3.66. The third kappa shape index (κ3) is 1.85. The van der Waals surface area contributed by atoms with Crippen LogP contribution in [0.1, 0.15) is 32.1 Å². The Bertz CT molecular complexity index is 197. The predicted molar refractivity (Wildman–Crippen MR) is 51.1 cm³/mol. The monoisotopic (exact) mass is 182 g/mol. The van der Waals surface area contributed by atoms with Gasteiger partial charge in [0, 0.05) is 25.0 Å². The maximum absolute atomic E-state index is 11.9. The van der Waals surface area contributed by atoms with Crippen LogP contribution in [0.2, 0.25) is 0 Å². The van der Waals surface area contributed by atoms with Crippen molar-refractivity contribution in [2.24, 2.45) is 11.7 Å². The summed E-state index contributed by atoms with van der Waals surface area (Å²) < 4.78 is 0. The fraction of sp³-hybridized carbons (Fsp3) is 0.900. The van der Waals surface area contributed by atoms with Crippen molar-refractivity contribution in [1.82, 2.24) is 4.90 Å². The summed E-state index contributed by atoms with van der Waals surface area (Å²) >= 11 is 0. The highest BCUT2D eigenvalue weighted by atomic mass is 16.2. The van der Waals surface area contributed by atoms with Gasteiger partial charge in [0.25, 0.3) is 0 Å². The Morgan fingerprint density at radius 2 is 2.00 bits per heavy atom. The van der Waals surface area contributed by atoms with Gasteiger partial charge in [0.15, 0.2) is 0 Å². The molecule has 0 radical (unpaired) electrons. The van der Waals surface area contributed by atoms with Crippen molar-refractivity contribution in [3.63, 3.8) is 0 Å².